The molecule has 2 N–H and O–H groups in total. The molecule has 0 aromatic carbocycles. The van der Waals surface area contributed by atoms with Crippen molar-refractivity contribution in [1.82, 2.24) is 25.7 Å². The first-order valence-corrected chi connectivity index (χ1v) is 7.33. The van der Waals surface area contributed by atoms with E-state index in [0.717, 1.165) is 12.8 Å². The second kappa shape index (κ2) is 5.71. The van der Waals surface area contributed by atoms with Crippen molar-refractivity contribution in [2.45, 2.75) is 51.2 Å². The van der Waals surface area contributed by atoms with Crippen LogP contribution in [0, 0.1) is 0 Å². The van der Waals surface area contributed by atoms with E-state index in [-0.39, 0.29) is 24.5 Å². The highest BCUT2D eigenvalue weighted by Crippen LogP contribution is 2.31. The molecule has 8 heteroatoms. The van der Waals surface area contributed by atoms with Crippen LogP contribution in [-0.4, -0.2) is 39.6 Å². The number of rotatable bonds is 5. The molecule has 1 aromatic rings. The zero-order chi connectivity index (χ0) is 14.8. The van der Waals surface area contributed by atoms with E-state index in [4.69, 9.17) is 4.52 Å². The minimum absolute atomic E-state index is 0.115. The molecule has 2 heterocycles. The molecule has 1 atom stereocenters. The Hall–Kier alpha value is -2.12. The average Bonchev–Trinajstić information content (AvgIpc) is 3.02. The topological polar surface area (TPSA) is 100 Å². The quantitative estimate of drug-likeness (QED) is 0.833. The molecule has 0 unspecified atom stereocenters. The summed E-state index contributed by atoms with van der Waals surface area (Å²) in [4.78, 5) is 29.2. The van der Waals surface area contributed by atoms with E-state index in [1.54, 1.807) is 4.90 Å². The molecule has 114 valence electrons. The molecule has 8 nitrogen and oxygen atoms in total. The van der Waals surface area contributed by atoms with Crippen molar-refractivity contribution in [1.29, 1.82) is 0 Å². The lowest BCUT2D eigenvalue weighted by Crippen LogP contribution is -2.36. The molecule has 3 amide bonds. The number of hydrogen-bond acceptors (Lipinski definition) is 5. The van der Waals surface area contributed by atoms with Gasteiger partial charge in [0.15, 0.2) is 5.82 Å². The molecule has 1 aliphatic carbocycles. The normalized spacial score (nSPS) is 21.7. The molecule has 0 spiro atoms. The van der Waals surface area contributed by atoms with E-state index in [1.165, 1.54) is 0 Å². The monoisotopic (exact) mass is 293 g/mol. The summed E-state index contributed by atoms with van der Waals surface area (Å²) in [5.74, 6) is 0.984. The number of nitrogens with one attached hydrogen (secondary N) is 2. The third-order valence-corrected chi connectivity index (χ3v) is 3.76. The number of likely N-dealkylation sites (tertiary alicyclic amines) is 1. The Kier molecular flexibility index (Phi) is 3.76. The highest BCUT2D eigenvalue weighted by atomic mass is 16.5. The predicted octanol–water partition coefficient (Wildman–Crippen LogP) is 0.715. The van der Waals surface area contributed by atoms with Gasteiger partial charge in [-0.3, -0.25) is 4.79 Å². The Bertz CT molecular complexity index is 540. The molecule has 0 radical (unpaired) electrons. The van der Waals surface area contributed by atoms with E-state index in [0.29, 0.717) is 37.1 Å². The number of urea groups is 1. The van der Waals surface area contributed by atoms with Crippen LogP contribution in [0.1, 0.15) is 50.4 Å². The van der Waals surface area contributed by atoms with E-state index in [1.807, 2.05) is 6.92 Å². The van der Waals surface area contributed by atoms with Crippen molar-refractivity contribution in [3.8, 4) is 0 Å². The van der Waals surface area contributed by atoms with Crippen molar-refractivity contribution >= 4 is 11.9 Å². The van der Waals surface area contributed by atoms with Crippen LogP contribution < -0.4 is 10.6 Å². The Labute approximate surface area is 122 Å². The van der Waals surface area contributed by atoms with E-state index < -0.39 is 0 Å². The summed E-state index contributed by atoms with van der Waals surface area (Å²) >= 11 is 0. The van der Waals surface area contributed by atoms with Crippen LogP contribution in [0.4, 0.5) is 4.79 Å². The second-order valence-corrected chi connectivity index (χ2v) is 5.38. The molecule has 0 bridgehead atoms. The van der Waals surface area contributed by atoms with Crippen LogP contribution in [0.2, 0.25) is 0 Å². The van der Waals surface area contributed by atoms with Gasteiger partial charge in [-0.2, -0.15) is 4.98 Å². The molecule has 1 saturated carbocycles. The van der Waals surface area contributed by atoms with Crippen LogP contribution in [0.25, 0.3) is 0 Å². The third-order valence-electron chi connectivity index (χ3n) is 3.76. The van der Waals surface area contributed by atoms with Gasteiger partial charge in [-0.05, 0) is 26.2 Å². The molecule has 1 aliphatic heterocycles. The minimum Gasteiger partial charge on any atom is -0.337 e. The average molecular weight is 293 g/mol. The fourth-order valence-corrected chi connectivity index (χ4v) is 2.49. The summed E-state index contributed by atoms with van der Waals surface area (Å²) in [5.41, 5.74) is 0. The van der Waals surface area contributed by atoms with Crippen LogP contribution in [-0.2, 0) is 11.3 Å². The number of carbonyl (C=O) groups is 2. The molecular weight excluding hydrogens is 274 g/mol. The first kappa shape index (κ1) is 13.8. The van der Waals surface area contributed by atoms with Gasteiger partial charge >= 0.3 is 6.03 Å². The Balaban J connectivity index is 1.55. The van der Waals surface area contributed by atoms with Crippen LogP contribution in [0.15, 0.2) is 4.52 Å². The number of hydrogen-bond donors (Lipinski definition) is 2. The fraction of sp³-hybridized carbons (Fsp3) is 0.692. The highest BCUT2D eigenvalue weighted by Gasteiger charge is 2.34. The molecule has 3 rings (SSSR count). The van der Waals surface area contributed by atoms with Gasteiger partial charge in [-0.25, -0.2) is 4.79 Å². The van der Waals surface area contributed by atoms with E-state index in [9.17, 15) is 9.59 Å². The lowest BCUT2D eigenvalue weighted by atomic mass is 10.2. The molecular formula is C13H19N5O3. The van der Waals surface area contributed by atoms with Crippen LogP contribution >= 0.6 is 0 Å². The second-order valence-electron chi connectivity index (χ2n) is 5.38. The summed E-state index contributed by atoms with van der Waals surface area (Å²) in [6.07, 6.45) is 3.30. The number of carbonyl (C=O) groups excluding carboxylic acids is 2. The SMILES string of the molecule is CCN1C(=O)CC[C@H]1c1nc(CNC(=O)NC2CC2)no1. The molecule has 21 heavy (non-hydrogen) atoms. The summed E-state index contributed by atoms with van der Waals surface area (Å²) in [5, 5.41) is 9.37. The summed E-state index contributed by atoms with van der Waals surface area (Å²) in [6.45, 7) is 2.77. The Morgan fingerprint density at radius 3 is 2.95 bits per heavy atom. The van der Waals surface area contributed by atoms with Crippen molar-refractivity contribution in [2.75, 3.05) is 6.54 Å². The van der Waals surface area contributed by atoms with Crippen LogP contribution in [0.5, 0.6) is 0 Å². The molecule has 1 saturated heterocycles. The molecule has 1 aromatic heterocycles. The van der Waals surface area contributed by atoms with Crippen molar-refractivity contribution in [3.63, 3.8) is 0 Å². The zero-order valence-electron chi connectivity index (χ0n) is 12.0. The largest absolute Gasteiger partial charge is 0.337 e. The fourth-order valence-electron chi connectivity index (χ4n) is 2.49. The molecule has 2 aliphatic rings. The van der Waals surface area contributed by atoms with Gasteiger partial charge in [0.1, 0.15) is 6.04 Å². The highest BCUT2D eigenvalue weighted by molar-refractivity contribution is 5.78. The maximum Gasteiger partial charge on any atom is 0.315 e. The smallest absolute Gasteiger partial charge is 0.315 e. The molecule has 2 fully saturated rings. The predicted molar refractivity (Wildman–Crippen MR) is 72.1 cm³/mol. The summed E-state index contributed by atoms with van der Waals surface area (Å²) in [6, 6.07) is -0.0347. The van der Waals surface area contributed by atoms with Crippen LogP contribution in [0.3, 0.4) is 0 Å². The third kappa shape index (κ3) is 3.14. The summed E-state index contributed by atoms with van der Waals surface area (Å²) < 4.78 is 5.23. The van der Waals surface area contributed by atoms with Gasteiger partial charge in [-0.1, -0.05) is 5.16 Å². The van der Waals surface area contributed by atoms with Gasteiger partial charge in [-0.15, -0.1) is 0 Å². The standard InChI is InChI=1S/C13H19N5O3/c1-2-18-9(5-6-11(18)19)12-16-10(17-21-12)7-14-13(20)15-8-3-4-8/h8-9H,2-7H2,1H3,(H2,14,15,20)/t9-/m0/s1. The maximum atomic E-state index is 11.7. The van der Waals surface area contributed by atoms with Gasteiger partial charge in [0, 0.05) is 19.0 Å². The van der Waals surface area contributed by atoms with Gasteiger partial charge < -0.3 is 20.1 Å². The Morgan fingerprint density at radius 1 is 1.43 bits per heavy atom. The van der Waals surface area contributed by atoms with Crippen molar-refractivity contribution in [3.05, 3.63) is 11.7 Å². The maximum absolute atomic E-state index is 11.7. The van der Waals surface area contributed by atoms with Crippen molar-refractivity contribution in [2.24, 2.45) is 0 Å². The van der Waals surface area contributed by atoms with Crippen molar-refractivity contribution < 1.29 is 14.1 Å². The van der Waals surface area contributed by atoms with E-state index >= 15 is 0 Å². The van der Waals surface area contributed by atoms with E-state index in [2.05, 4.69) is 20.8 Å². The van der Waals surface area contributed by atoms with Gasteiger partial charge in [0.25, 0.3) is 0 Å². The number of aromatic nitrogens is 2. The lowest BCUT2D eigenvalue weighted by molar-refractivity contribution is -0.129. The zero-order valence-corrected chi connectivity index (χ0v) is 12.0. The minimum atomic E-state index is -0.213. The number of amides is 3. The lowest BCUT2D eigenvalue weighted by Gasteiger charge is -2.19. The summed E-state index contributed by atoms with van der Waals surface area (Å²) in [7, 11) is 0. The van der Waals surface area contributed by atoms with Gasteiger partial charge in [0.05, 0.1) is 6.54 Å². The first-order chi connectivity index (χ1) is 10.2. The number of nitrogens with zero attached hydrogens (tertiary/aromatic N) is 3. The first-order valence-electron chi connectivity index (χ1n) is 7.33. The van der Waals surface area contributed by atoms with Gasteiger partial charge in [0.2, 0.25) is 11.8 Å². The Morgan fingerprint density at radius 2 is 2.24 bits per heavy atom.